The fraction of sp³-hybridized carbons (Fsp3) is 0.833. The van der Waals surface area contributed by atoms with Gasteiger partial charge in [0.15, 0.2) is 0 Å². The van der Waals surface area contributed by atoms with Crippen LogP contribution in [0.3, 0.4) is 0 Å². The summed E-state index contributed by atoms with van der Waals surface area (Å²) < 4.78 is 0. The van der Waals surface area contributed by atoms with Crippen LogP contribution in [0.15, 0.2) is 0 Å². The minimum atomic E-state index is -0.320. The minimum Gasteiger partial charge on any atom is -0.346 e. The van der Waals surface area contributed by atoms with Gasteiger partial charge in [0.05, 0.1) is 6.04 Å². The SMILES string of the molecule is NCCCCC(C=O)NC(=O)C1CCCC1. The molecular formula is C12H22N2O2. The topological polar surface area (TPSA) is 72.2 Å². The van der Waals surface area contributed by atoms with Crippen molar-refractivity contribution in [1.82, 2.24) is 5.32 Å². The van der Waals surface area contributed by atoms with Gasteiger partial charge in [0.1, 0.15) is 6.29 Å². The van der Waals surface area contributed by atoms with E-state index in [1.54, 1.807) is 0 Å². The molecule has 0 saturated heterocycles. The second-order valence-corrected chi connectivity index (χ2v) is 4.52. The molecular weight excluding hydrogens is 204 g/mol. The van der Waals surface area contributed by atoms with E-state index in [2.05, 4.69) is 5.32 Å². The third-order valence-corrected chi connectivity index (χ3v) is 3.19. The van der Waals surface area contributed by atoms with Crippen molar-refractivity contribution in [2.24, 2.45) is 11.7 Å². The highest BCUT2D eigenvalue weighted by molar-refractivity contribution is 5.81. The maximum absolute atomic E-state index is 11.8. The summed E-state index contributed by atoms with van der Waals surface area (Å²) in [6.45, 7) is 0.641. The molecule has 4 heteroatoms. The van der Waals surface area contributed by atoms with E-state index in [4.69, 9.17) is 5.73 Å². The van der Waals surface area contributed by atoms with E-state index in [0.29, 0.717) is 13.0 Å². The number of unbranched alkanes of at least 4 members (excludes halogenated alkanes) is 1. The van der Waals surface area contributed by atoms with Gasteiger partial charge in [-0.3, -0.25) is 4.79 Å². The van der Waals surface area contributed by atoms with Gasteiger partial charge in [-0.15, -0.1) is 0 Å². The Bertz CT molecular complexity index is 225. The van der Waals surface area contributed by atoms with Gasteiger partial charge in [-0.05, 0) is 38.6 Å². The maximum Gasteiger partial charge on any atom is 0.223 e. The molecule has 1 rings (SSSR count). The summed E-state index contributed by atoms with van der Waals surface area (Å²) in [4.78, 5) is 22.6. The average molecular weight is 226 g/mol. The Morgan fingerprint density at radius 2 is 2.06 bits per heavy atom. The summed E-state index contributed by atoms with van der Waals surface area (Å²) in [6, 6.07) is -0.320. The lowest BCUT2D eigenvalue weighted by Gasteiger charge is -2.15. The molecule has 0 bridgehead atoms. The maximum atomic E-state index is 11.8. The zero-order valence-electron chi connectivity index (χ0n) is 9.78. The Kier molecular flexibility index (Phi) is 6.08. The highest BCUT2D eigenvalue weighted by atomic mass is 16.2. The number of carbonyl (C=O) groups is 2. The quantitative estimate of drug-likeness (QED) is 0.502. The normalized spacial score (nSPS) is 18.3. The molecule has 0 aromatic carbocycles. The Labute approximate surface area is 97.0 Å². The third kappa shape index (κ3) is 4.31. The van der Waals surface area contributed by atoms with Crippen LogP contribution in [0.4, 0.5) is 0 Å². The summed E-state index contributed by atoms with van der Waals surface area (Å²) in [6.07, 6.45) is 7.56. The Morgan fingerprint density at radius 1 is 1.38 bits per heavy atom. The average Bonchev–Trinajstić information content (AvgIpc) is 2.81. The van der Waals surface area contributed by atoms with Crippen molar-refractivity contribution in [1.29, 1.82) is 0 Å². The van der Waals surface area contributed by atoms with Crippen molar-refractivity contribution < 1.29 is 9.59 Å². The van der Waals surface area contributed by atoms with Crippen LogP contribution in [0, 0.1) is 5.92 Å². The summed E-state index contributed by atoms with van der Waals surface area (Å²) in [5, 5.41) is 2.82. The van der Waals surface area contributed by atoms with Crippen LogP contribution >= 0.6 is 0 Å². The van der Waals surface area contributed by atoms with Crippen molar-refractivity contribution in [3.63, 3.8) is 0 Å². The first-order chi connectivity index (χ1) is 7.77. The lowest BCUT2D eigenvalue weighted by atomic mass is 10.1. The molecule has 4 nitrogen and oxygen atoms in total. The Morgan fingerprint density at radius 3 is 2.62 bits per heavy atom. The molecule has 0 radical (unpaired) electrons. The minimum absolute atomic E-state index is 0.0577. The number of amides is 1. The van der Waals surface area contributed by atoms with Crippen molar-refractivity contribution in [3.05, 3.63) is 0 Å². The van der Waals surface area contributed by atoms with Gasteiger partial charge in [0.25, 0.3) is 0 Å². The van der Waals surface area contributed by atoms with Crippen LogP contribution in [0.5, 0.6) is 0 Å². The van der Waals surface area contributed by atoms with Crippen molar-refractivity contribution in [2.45, 2.75) is 51.0 Å². The lowest BCUT2D eigenvalue weighted by Crippen LogP contribution is -2.39. The zero-order valence-corrected chi connectivity index (χ0v) is 9.78. The van der Waals surface area contributed by atoms with E-state index in [-0.39, 0.29) is 17.9 Å². The van der Waals surface area contributed by atoms with E-state index in [0.717, 1.165) is 44.8 Å². The Hall–Kier alpha value is -0.900. The van der Waals surface area contributed by atoms with Crippen molar-refractivity contribution in [3.8, 4) is 0 Å². The zero-order chi connectivity index (χ0) is 11.8. The first kappa shape index (κ1) is 13.2. The van der Waals surface area contributed by atoms with Gasteiger partial charge in [-0.1, -0.05) is 12.8 Å². The van der Waals surface area contributed by atoms with Gasteiger partial charge in [-0.25, -0.2) is 0 Å². The number of carbonyl (C=O) groups excluding carboxylic acids is 2. The van der Waals surface area contributed by atoms with Crippen molar-refractivity contribution in [2.75, 3.05) is 6.54 Å². The summed E-state index contributed by atoms with van der Waals surface area (Å²) >= 11 is 0. The molecule has 1 fully saturated rings. The van der Waals surface area contributed by atoms with Gasteiger partial charge < -0.3 is 15.8 Å². The van der Waals surface area contributed by atoms with E-state index in [9.17, 15) is 9.59 Å². The van der Waals surface area contributed by atoms with E-state index in [1.807, 2.05) is 0 Å². The van der Waals surface area contributed by atoms with Gasteiger partial charge in [0, 0.05) is 5.92 Å². The van der Waals surface area contributed by atoms with E-state index in [1.165, 1.54) is 0 Å². The standard InChI is InChI=1S/C12H22N2O2/c13-8-4-3-7-11(9-15)14-12(16)10-5-1-2-6-10/h9-11H,1-8,13H2,(H,14,16). The predicted octanol–water partition coefficient (Wildman–Crippen LogP) is 0.989. The number of hydrogen-bond acceptors (Lipinski definition) is 3. The number of rotatable bonds is 7. The summed E-state index contributed by atoms with van der Waals surface area (Å²) in [7, 11) is 0. The largest absolute Gasteiger partial charge is 0.346 e. The molecule has 1 aliphatic carbocycles. The fourth-order valence-electron chi connectivity index (χ4n) is 2.17. The second kappa shape index (κ2) is 7.39. The van der Waals surface area contributed by atoms with Crippen LogP contribution in [0.2, 0.25) is 0 Å². The number of hydrogen-bond donors (Lipinski definition) is 2. The third-order valence-electron chi connectivity index (χ3n) is 3.19. The molecule has 0 aliphatic heterocycles. The van der Waals surface area contributed by atoms with Crippen LogP contribution in [-0.4, -0.2) is 24.8 Å². The van der Waals surface area contributed by atoms with Gasteiger partial charge in [0.2, 0.25) is 5.91 Å². The van der Waals surface area contributed by atoms with Crippen LogP contribution in [-0.2, 0) is 9.59 Å². The number of nitrogens with one attached hydrogen (secondary N) is 1. The molecule has 1 atom stereocenters. The Balaban J connectivity index is 2.25. The number of nitrogens with two attached hydrogens (primary N) is 1. The van der Waals surface area contributed by atoms with Crippen molar-refractivity contribution >= 4 is 12.2 Å². The molecule has 16 heavy (non-hydrogen) atoms. The van der Waals surface area contributed by atoms with E-state index < -0.39 is 0 Å². The molecule has 1 amide bonds. The molecule has 0 aromatic heterocycles. The van der Waals surface area contributed by atoms with Crippen LogP contribution < -0.4 is 11.1 Å². The smallest absolute Gasteiger partial charge is 0.223 e. The highest BCUT2D eigenvalue weighted by Gasteiger charge is 2.24. The molecule has 1 saturated carbocycles. The molecule has 3 N–H and O–H groups in total. The monoisotopic (exact) mass is 226 g/mol. The summed E-state index contributed by atoms with van der Waals surface area (Å²) in [5.41, 5.74) is 5.38. The summed E-state index contributed by atoms with van der Waals surface area (Å²) in [5.74, 6) is 0.194. The second-order valence-electron chi connectivity index (χ2n) is 4.52. The molecule has 1 unspecified atom stereocenters. The fourth-order valence-corrected chi connectivity index (χ4v) is 2.17. The first-order valence-corrected chi connectivity index (χ1v) is 6.23. The molecule has 0 aromatic rings. The number of aldehydes is 1. The van der Waals surface area contributed by atoms with Gasteiger partial charge in [-0.2, -0.15) is 0 Å². The molecule has 92 valence electrons. The lowest BCUT2D eigenvalue weighted by molar-refractivity contribution is -0.127. The van der Waals surface area contributed by atoms with Crippen LogP contribution in [0.1, 0.15) is 44.9 Å². The first-order valence-electron chi connectivity index (χ1n) is 6.23. The van der Waals surface area contributed by atoms with Crippen LogP contribution in [0.25, 0.3) is 0 Å². The van der Waals surface area contributed by atoms with Gasteiger partial charge >= 0.3 is 0 Å². The molecule has 0 spiro atoms. The molecule has 0 heterocycles. The highest BCUT2D eigenvalue weighted by Crippen LogP contribution is 2.24. The predicted molar refractivity (Wildman–Crippen MR) is 62.9 cm³/mol. The molecule has 1 aliphatic rings. The van der Waals surface area contributed by atoms with E-state index >= 15 is 0 Å².